The molecule has 0 unspecified atom stereocenters. The quantitative estimate of drug-likeness (QED) is 0.527. The summed E-state index contributed by atoms with van der Waals surface area (Å²) in [5.74, 6) is 0.860. The predicted molar refractivity (Wildman–Crippen MR) is 102 cm³/mol. The zero-order chi connectivity index (χ0) is 17.5. The topological polar surface area (TPSA) is 43.3 Å². The summed E-state index contributed by atoms with van der Waals surface area (Å²) in [4.78, 5) is 2.24. The molecule has 25 heavy (non-hydrogen) atoms. The summed E-state index contributed by atoms with van der Waals surface area (Å²) in [6.45, 7) is 3.07. The van der Waals surface area contributed by atoms with Crippen LogP contribution in [0.2, 0.25) is 0 Å². The summed E-state index contributed by atoms with van der Waals surface area (Å²) < 4.78 is 5.49. The number of hydrogen-bond acceptors (Lipinski definition) is 4. The van der Waals surface area contributed by atoms with Crippen molar-refractivity contribution >= 4 is 17.3 Å². The van der Waals surface area contributed by atoms with Gasteiger partial charge in [-0.15, -0.1) is 5.10 Å². The molecule has 0 atom stereocenters. The van der Waals surface area contributed by atoms with E-state index in [0.29, 0.717) is 13.2 Å². The number of guanidine groups is 1. The van der Waals surface area contributed by atoms with Crippen molar-refractivity contribution in [2.75, 3.05) is 45.4 Å². The monoisotopic (exact) mass is 339 g/mol. The highest BCUT2D eigenvalue weighted by Gasteiger charge is 2.24. The number of nitrogens with one attached hydrogen (secondary N) is 1. The van der Waals surface area contributed by atoms with Crippen molar-refractivity contribution in [3.63, 3.8) is 0 Å². The third-order valence-corrected chi connectivity index (χ3v) is 4.10. The number of rotatable bonds is 4. The summed E-state index contributed by atoms with van der Waals surface area (Å²) in [7, 11) is 3.86. The number of para-hydroxylation sites is 2. The SMILES string of the molecule is CN/N=C(/N1CCOCC1)N(C)N(c1ccccc1)c1ccccc1. The van der Waals surface area contributed by atoms with E-state index >= 15 is 0 Å². The van der Waals surface area contributed by atoms with Crippen LogP contribution in [0.15, 0.2) is 65.8 Å². The molecule has 1 saturated heterocycles. The van der Waals surface area contributed by atoms with Gasteiger partial charge in [0.15, 0.2) is 0 Å². The number of ether oxygens (including phenoxy) is 1. The number of anilines is 2. The Balaban J connectivity index is 1.97. The van der Waals surface area contributed by atoms with Crippen molar-refractivity contribution in [3.05, 3.63) is 60.7 Å². The molecule has 1 heterocycles. The van der Waals surface area contributed by atoms with Gasteiger partial charge in [0, 0.05) is 27.2 Å². The summed E-state index contributed by atoms with van der Waals surface area (Å²) in [5.41, 5.74) is 5.10. The van der Waals surface area contributed by atoms with Crippen LogP contribution in [-0.2, 0) is 4.74 Å². The van der Waals surface area contributed by atoms with Crippen LogP contribution in [-0.4, -0.2) is 56.3 Å². The number of hydrogen-bond donors (Lipinski definition) is 1. The number of nitrogens with zero attached hydrogens (tertiary/aromatic N) is 4. The first-order valence-corrected chi connectivity index (χ1v) is 8.52. The molecule has 0 aromatic heterocycles. The third kappa shape index (κ3) is 4.03. The van der Waals surface area contributed by atoms with Crippen molar-refractivity contribution in [1.29, 1.82) is 0 Å². The molecule has 6 nitrogen and oxygen atoms in total. The molecule has 0 spiro atoms. The second-order valence-electron chi connectivity index (χ2n) is 5.74. The Kier molecular flexibility index (Phi) is 5.74. The smallest absolute Gasteiger partial charge is 0.238 e. The summed E-state index contributed by atoms with van der Waals surface area (Å²) in [6.07, 6.45) is 0. The molecule has 2 aromatic rings. The highest BCUT2D eigenvalue weighted by atomic mass is 16.5. The average Bonchev–Trinajstić information content (AvgIpc) is 2.68. The van der Waals surface area contributed by atoms with E-state index in [0.717, 1.165) is 30.4 Å². The molecule has 1 N–H and O–H groups in total. The van der Waals surface area contributed by atoms with Crippen LogP contribution in [0.3, 0.4) is 0 Å². The molecule has 0 aliphatic carbocycles. The van der Waals surface area contributed by atoms with Crippen LogP contribution < -0.4 is 10.4 Å². The van der Waals surface area contributed by atoms with Crippen LogP contribution in [0.4, 0.5) is 11.4 Å². The maximum Gasteiger partial charge on any atom is 0.238 e. The van der Waals surface area contributed by atoms with Crippen LogP contribution in [0.1, 0.15) is 0 Å². The lowest BCUT2D eigenvalue weighted by molar-refractivity contribution is 0.0627. The number of morpholine rings is 1. The molecule has 1 aliphatic heterocycles. The van der Waals surface area contributed by atoms with Gasteiger partial charge in [-0.25, -0.2) is 0 Å². The van der Waals surface area contributed by atoms with E-state index in [2.05, 4.69) is 49.7 Å². The fraction of sp³-hybridized carbons (Fsp3) is 0.316. The van der Waals surface area contributed by atoms with E-state index in [1.54, 1.807) is 0 Å². The number of hydrazone groups is 1. The molecule has 0 saturated carbocycles. The molecule has 2 aromatic carbocycles. The molecule has 1 aliphatic rings. The van der Waals surface area contributed by atoms with Gasteiger partial charge >= 0.3 is 0 Å². The van der Waals surface area contributed by atoms with Gasteiger partial charge < -0.3 is 15.1 Å². The Morgan fingerprint density at radius 2 is 1.48 bits per heavy atom. The lowest BCUT2D eigenvalue weighted by atomic mass is 10.2. The predicted octanol–water partition coefficient (Wildman–Crippen LogP) is 2.49. The first kappa shape index (κ1) is 17.1. The van der Waals surface area contributed by atoms with Gasteiger partial charge in [0.25, 0.3) is 0 Å². The van der Waals surface area contributed by atoms with Gasteiger partial charge in [-0.05, 0) is 24.3 Å². The summed E-state index contributed by atoms with van der Waals surface area (Å²) in [6, 6.07) is 20.6. The fourth-order valence-corrected chi connectivity index (χ4v) is 2.93. The Hall–Kier alpha value is -2.73. The maximum atomic E-state index is 5.49. The highest BCUT2D eigenvalue weighted by molar-refractivity contribution is 5.83. The Labute approximate surface area is 149 Å². The largest absolute Gasteiger partial charge is 0.378 e. The van der Waals surface area contributed by atoms with Crippen molar-refractivity contribution in [3.8, 4) is 0 Å². The Morgan fingerprint density at radius 1 is 0.960 bits per heavy atom. The Morgan fingerprint density at radius 3 is 1.96 bits per heavy atom. The molecule has 1 fully saturated rings. The van der Waals surface area contributed by atoms with Gasteiger partial charge in [0.05, 0.1) is 24.6 Å². The van der Waals surface area contributed by atoms with E-state index in [1.165, 1.54) is 0 Å². The lowest BCUT2D eigenvalue weighted by Crippen LogP contribution is -2.53. The van der Waals surface area contributed by atoms with E-state index < -0.39 is 0 Å². The average molecular weight is 339 g/mol. The molecule has 132 valence electrons. The second-order valence-corrected chi connectivity index (χ2v) is 5.74. The van der Waals surface area contributed by atoms with Crippen LogP contribution in [0.25, 0.3) is 0 Å². The molecular formula is C19H25N5O. The van der Waals surface area contributed by atoms with E-state index in [9.17, 15) is 0 Å². The van der Waals surface area contributed by atoms with Crippen molar-refractivity contribution < 1.29 is 4.74 Å². The molecule has 0 radical (unpaired) electrons. The fourth-order valence-electron chi connectivity index (χ4n) is 2.93. The van der Waals surface area contributed by atoms with Gasteiger partial charge in [-0.1, -0.05) is 36.4 Å². The van der Waals surface area contributed by atoms with Crippen LogP contribution >= 0.6 is 0 Å². The van der Waals surface area contributed by atoms with Crippen molar-refractivity contribution in [2.24, 2.45) is 5.10 Å². The number of hydrazine groups is 1. The molecular weight excluding hydrogens is 314 g/mol. The van der Waals surface area contributed by atoms with Crippen LogP contribution in [0, 0.1) is 0 Å². The second kappa shape index (κ2) is 8.39. The lowest BCUT2D eigenvalue weighted by Gasteiger charge is -2.40. The van der Waals surface area contributed by atoms with Gasteiger partial charge in [0.1, 0.15) is 0 Å². The normalized spacial score (nSPS) is 15.0. The molecule has 6 heteroatoms. The maximum absolute atomic E-state index is 5.49. The first-order valence-electron chi connectivity index (χ1n) is 8.52. The molecule has 0 bridgehead atoms. The van der Waals surface area contributed by atoms with Gasteiger partial charge in [0.2, 0.25) is 5.96 Å². The summed E-state index contributed by atoms with van der Waals surface area (Å²) in [5, 5.41) is 8.78. The van der Waals surface area contributed by atoms with Crippen LogP contribution in [0.5, 0.6) is 0 Å². The number of benzene rings is 2. The minimum absolute atomic E-state index is 0.716. The highest BCUT2D eigenvalue weighted by Crippen LogP contribution is 2.27. The first-order chi connectivity index (χ1) is 12.3. The van der Waals surface area contributed by atoms with E-state index in [-0.39, 0.29) is 0 Å². The van der Waals surface area contributed by atoms with E-state index in [1.807, 2.05) is 50.5 Å². The zero-order valence-electron chi connectivity index (χ0n) is 14.8. The van der Waals surface area contributed by atoms with Gasteiger partial charge in [-0.3, -0.25) is 10.0 Å². The summed E-state index contributed by atoms with van der Waals surface area (Å²) >= 11 is 0. The standard InChI is InChI=1S/C19H25N5O/c1-20-21-19(23-13-15-25-16-14-23)22(2)24(17-9-5-3-6-10-17)18-11-7-4-8-12-18/h3-12,20H,13-16H2,1-2H3/b21-19+. The minimum atomic E-state index is 0.716. The van der Waals surface area contributed by atoms with Crippen molar-refractivity contribution in [1.82, 2.24) is 15.3 Å². The van der Waals surface area contributed by atoms with Crippen molar-refractivity contribution in [2.45, 2.75) is 0 Å². The van der Waals surface area contributed by atoms with Gasteiger partial charge in [-0.2, -0.15) is 0 Å². The third-order valence-electron chi connectivity index (χ3n) is 4.10. The minimum Gasteiger partial charge on any atom is -0.378 e. The molecule has 0 amide bonds. The molecule has 3 rings (SSSR count). The Bertz CT molecular complexity index is 631. The zero-order valence-corrected chi connectivity index (χ0v) is 14.8. The van der Waals surface area contributed by atoms with E-state index in [4.69, 9.17) is 4.74 Å².